The molecule has 1 aromatic rings. The summed E-state index contributed by atoms with van der Waals surface area (Å²) in [7, 11) is -3.93. The molecular weight excluding hydrogens is 372 g/mol. The van der Waals surface area contributed by atoms with Gasteiger partial charge in [0.25, 0.3) is 5.91 Å². The Balaban J connectivity index is 1.74. The molecule has 27 heavy (non-hydrogen) atoms. The van der Waals surface area contributed by atoms with Crippen LogP contribution in [0.3, 0.4) is 0 Å². The number of carbonyl (C=O) groups is 1. The predicted molar refractivity (Wildman–Crippen MR) is 97.7 cm³/mol. The van der Waals surface area contributed by atoms with E-state index in [0.29, 0.717) is 25.9 Å². The minimum Gasteiger partial charge on any atom is -0.378 e. The number of hydrogen-bond acceptors (Lipinski definition) is 6. The first kappa shape index (κ1) is 20.2. The van der Waals surface area contributed by atoms with Gasteiger partial charge in [-0.3, -0.25) is 10.0 Å². The summed E-state index contributed by atoms with van der Waals surface area (Å²) in [4.78, 5) is 11.9. The number of benzene rings is 1. The highest BCUT2D eigenvalue weighted by molar-refractivity contribution is 7.89. The highest BCUT2D eigenvalue weighted by atomic mass is 32.2. The lowest BCUT2D eigenvalue weighted by Crippen LogP contribution is -2.64. The standard InChI is InChI=1S/C18H26N2O6S/c1-13-2-4-14(5-3-13)15-6-9-20(10-7-15)27(24,25)16-8-11-26-12-18(16,22)17(21)19-23/h2-5,15-16,22-23H,6-12H2,1H3,(H,19,21). The smallest absolute Gasteiger partial charge is 0.279 e. The summed E-state index contributed by atoms with van der Waals surface area (Å²) in [5.74, 6) is -0.878. The fraction of sp³-hybridized carbons (Fsp3) is 0.611. The second kappa shape index (κ2) is 7.84. The molecule has 3 N–H and O–H groups in total. The Kier molecular flexibility index (Phi) is 5.87. The van der Waals surface area contributed by atoms with Gasteiger partial charge in [-0.2, -0.15) is 0 Å². The molecule has 0 bridgehead atoms. The summed E-state index contributed by atoms with van der Waals surface area (Å²) >= 11 is 0. The van der Waals surface area contributed by atoms with Crippen LogP contribution in [-0.2, 0) is 19.6 Å². The zero-order valence-electron chi connectivity index (χ0n) is 15.3. The Labute approximate surface area is 159 Å². The molecule has 2 atom stereocenters. The van der Waals surface area contributed by atoms with E-state index in [-0.39, 0.29) is 18.9 Å². The van der Waals surface area contributed by atoms with Crippen LogP contribution in [0.2, 0.25) is 0 Å². The van der Waals surface area contributed by atoms with Crippen LogP contribution >= 0.6 is 0 Å². The summed E-state index contributed by atoms with van der Waals surface area (Å²) < 4.78 is 32.7. The molecule has 1 aromatic carbocycles. The topological polar surface area (TPSA) is 116 Å². The molecule has 2 fully saturated rings. The average molecular weight is 398 g/mol. The number of nitrogens with one attached hydrogen (secondary N) is 1. The highest BCUT2D eigenvalue weighted by Crippen LogP contribution is 2.34. The molecule has 0 spiro atoms. The Bertz CT molecular complexity index is 774. The molecule has 3 rings (SSSR count). The maximum atomic E-state index is 13.1. The van der Waals surface area contributed by atoms with Crippen molar-refractivity contribution in [2.24, 2.45) is 0 Å². The van der Waals surface area contributed by atoms with Gasteiger partial charge in [0.15, 0.2) is 5.60 Å². The van der Waals surface area contributed by atoms with Crippen molar-refractivity contribution in [2.75, 3.05) is 26.3 Å². The van der Waals surface area contributed by atoms with Crippen LogP contribution in [0, 0.1) is 6.92 Å². The van der Waals surface area contributed by atoms with E-state index in [1.54, 1.807) is 0 Å². The second-order valence-corrected chi connectivity index (χ2v) is 9.44. The number of hydroxylamine groups is 1. The third-order valence-corrected chi connectivity index (χ3v) is 8.03. The summed E-state index contributed by atoms with van der Waals surface area (Å²) in [5, 5.41) is 18.2. The normalized spacial score (nSPS) is 28.0. The van der Waals surface area contributed by atoms with Crippen LogP contribution in [-0.4, -0.2) is 66.1 Å². The first-order valence-electron chi connectivity index (χ1n) is 9.09. The molecule has 2 aliphatic heterocycles. The van der Waals surface area contributed by atoms with Gasteiger partial charge in [0.05, 0.1) is 6.61 Å². The molecule has 9 heteroatoms. The molecule has 8 nitrogen and oxygen atoms in total. The Morgan fingerprint density at radius 2 is 1.85 bits per heavy atom. The van der Waals surface area contributed by atoms with Gasteiger partial charge < -0.3 is 9.84 Å². The molecule has 0 saturated carbocycles. The van der Waals surface area contributed by atoms with Crippen LogP contribution in [0.5, 0.6) is 0 Å². The Morgan fingerprint density at radius 1 is 1.22 bits per heavy atom. The first-order valence-corrected chi connectivity index (χ1v) is 10.6. The van der Waals surface area contributed by atoms with E-state index in [1.807, 2.05) is 19.1 Å². The van der Waals surface area contributed by atoms with Gasteiger partial charge in [0, 0.05) is 19.7 Å². The van der Waals surface area contributed by atoms with Crippen molar-refractivity contribution in [3.05, 3.63) is 35.4 Å². The minimum atomic E-state index is -3.93. The number of aliphatic hydroxyl groups is 1. The molecule has 0 aliphatic carbocycles. The van der Waals surface area contributed by atoms with Crippen molar-refractivity contribution in [3.8, 4) is 0 Å². The number of amides is 1. The van der Waals surface area contributed by atoms with Crippen LogP contribution < -0.4 is 5.48 Å². The lowest BCUT2D eigenvalue weighted by atomic mass is 9.90. The molecular formula is C18H26N2O6S. The van der Waals surface area contributed by atoms with Crippen molar-refractivity contribution in [3.63, 3.8) is 0 Å². The van der Waals surface area contributed by atoms with E-state index >= 15 is 0 Å². The number of carbonyl (C=O) groups excluding carboxylic acids is 1. The first-order chi connectivity index (χ1) is 12.8. The average Bonchev–Trinajstić information content (AvgIpc) is 2.68. The van der Waals surface area contributed by atoms with Gasteiger partial charge in [-0.05, 0) is 37.7 Å². The largest absolute Gasteiger partial charge is 0.378 e. The molecule has 2 heterocycles. The molecule has 0 radical (unpaired) electrons. The number of aryl methyl sites for hydroxylation is 1. The number of sulfonamides is 1. The monoisotopic (exact) mass is 398 g/mol. The van der Waals surface area contributed by atoms with E-state index < -0.39 is 33.4 Å². The van der Waals surface area contributed by atoms with Crippen molar-refractivity contribution in [1.29, 1.82) is 0 Å². The fourth-order valence-corrected chi connectivity index (χ4v) is 6.06. The van der Waals surface area contributed by atoms with Crippen LogP contribution in [0.1, 0.15) is 36.3 Å². The zero-order valence-corrected chi connectivity index (χ0v) is 16.1. The van der Waals surface area contributed by atoms with Crippen molar-refractivity contribution in [1.82, 2.24) is 9.79 Å². The lowest BCUT2D eigenvalue weighted by molar-refractivity contribution is -0.161. The molecule has 2 saturated heterocycles. The van der Waals surface area contributed by atoms with Crippen LogP contribution in [0.25, 0.3) is 0 Å². The molecule has 0 aromatic heterocycles. The summed E-state index contributed by atoms with van der Waals surface area (Å²) in [5.41, 5.74) is 1.43. The Morgan fingerprint density at radius 3 is 2.44 bits per heavy atom. The summed E-state index contributed by atoms with van der Waals surface area (Å²) in [6, 6.07) is 8.25. The van der Waals surface area contributed by atoms with Gasteiger partial charge in [0.1, 0.15) is 5.25 Å². The molecule has 2 unspecified atom stereocenters. The van der Waals surface area contributed by atoms with Gasteiger partial charge >= 0.3 is 0 Å². The van der Waals surface area contributed by atoms with E-state index in [1.165, 1.54) is 20.9 Å². The minimum absolute atomic E-state index is 0.00978. The summed E-state index contributed by atoms with van der Waals surface area (Å²) in [6.07, 6.45) is 1.34. The third kappa shape index (κ3) is 3.88. The maximum absolute atomic E-state index is 13.1. The van der Waals surface area contributed by atoms with E-state index in [2.05, 4.69) is 12.1 Å². The van der Waals surface area contributed by atoms with Gasteiger partial charge in [-0.15, -0.1) is 0 Å². The highest BCUT2D eigenvalue weighted by Gasteiger charge is 2.54. The zero-order chi connectivity index (χ0) is 19.7. The van der Waals surface area contributed by atoms with Crippen molar-refractivity contribution in [2.45, 2.75) is 43.0 Å². The van der Waals surface area contributed by atoms with Gasteiger partial charge in [0.2, 0.25) is 10.0 Å². The van der Waals surface area contributed by atoms with E-state index in [9.17, 15) is 18.3 Å². The van der Waals surface area contributed by atoms with E-state index in [0.717, 1.165) is 0 Å². The van der Waals surface area contributed by atoms with Crippen LogP contribution in [0.4, 0.5) is 0 Å². The quantitative estimate of drug-likeness (QED) is 0.503. The van der Waals surface area contributed by atoms with Gasteiger partial charge in [-0.1, -0.05) is 29.8 Å². The molecule has 1 amide bonds. The lowest BCUT2D eigenvalue weighted by Gasteiger charge is -2.41. The number of piperidine rings is 1. The maximum Gasteiger partial charge on any atom is 0.279 e. The summed E-state index contributed by atoms with van der Waals surface area (Å²) in [6.45, 7) is 2.34. The Hall–Kier alpha value is -1.52. The number of nitrogens with zero attached hydrogens (tertiary/aromatic N) is 1. The van der Waals surface area contributed by atoms with Crippen molar-refractivity contribution < 1.29 is 28.3 Å². The molecule has 150 valence electrons. The molecule has 2 aliphatic rings. The van der Waals surface area contributed by atoms with Crippen molar-refractivity contribution >= 4 is 15.9 Å². The SMILES string of the molecule is Cc1ccc(C2CCN(S(=O)(=O)C3CCOCC3(O)C(=O)NO)CC2)cc1. The second-order valence-electron chi connectivity index (χ2n) is 7.32. The van der Waals surface area contributed by atoms with E-state index in [4.69, 9.17) is 9.94 Å². The number of rotatable bonds is 4. The van der Waals surface area contributed by atoms with Crippen LogP contribution in [0.15, 0.2) is 24.3 Å². The number of hydrogen-bond donors (Lipinski definition) is 3. The third-order valence-electron chi connectivity index (χ3n) is 5.60. The fourth-order valence-electron chi connectivity index (χ4n) is 3.92. The van der Waals surface area contributed by atoms with Gasteiger partial charge in [-0.25, -0.2) is 18.2 Å². The predicted octanol–water partition coefficient (Wildman–Crippen LogP) is 0.530. The number of ether oxygens (including phenoxy) is 1.